The van der Waals surface area contributed by atoms with Crippen LogP contribution in [0.25, 0.3) is 6.08 Å². The predicted octanol–water partition coefficient (Wildman–Crippen LogP) is 5.45. The molecule has 3 aromatic carbocycles. The maximum Gasteiger partial charge on any atom is 0.338 e. The number of benzene rings is 3. The molecule has 0 saturated heterocycles. The van der Waals surface area contributed by atoms with Crippen LogP contribution in [0.15, 0.2) is 81.7 Å². The van der Waals surface area contributed by atoms with E-state index < -0.39 is 12.0 Å². The van der Waals surface area contributed by atoms with Gasteiger partial charge in [0.2, 0.25) is 0 Å². The Kier molecular flexibility index (Phi) is 9.95. The van der Waals surface area contributed by atoms with Gasteiger partial charge in [-0.1, -0.05) is 41.1 Å². The lowest BCUT2D eigenvalue weighted by molar-refractivity contribution is -0.139. The summed E-state index contributed by atoms with van der Waals surface area (Å²) in [6.07, 6.45) is 1.78. The molecule has 9 nitrogen and oxygen atoms in total. The van der Waals surface area contributed by atoms with Gasteiger partial charge in [-0.15, -0.1) is 0 Å². The lowest BCUT2D eigenvalue weighted by Gasteiger charge is -2.26. The number of hydrogen-bond donors (Lipinski definition) is 0. The number of carbonyl (C=O) groups is 1. The zero-order valence-electron chi connectivity index (χ0n) is 25.6. The lowest BCUT2D eigenvalue weighted by Crippen LogP contribution is -2.40. The van der Waals surface area contributed by atoms with Gasteiger partial charge in [0, 0.05) is 16.7 Å². The summed E-state index contributed by atoms with van der Waals surface area (Å²) >= 11 is 7.23. The van der Waals surface area contributed by atoms with Crippen LogP contribution in [-0.2, 0) is 16.1 Å². The van der Waals surface area contributed by atoms with Crippen LogP contribution in [0, 0.1) is 0 Å². The van der Waals surface area contributed by atoms with Crippen molar-refractivity contribution in [2.24, 2.45) is 4.99 Å². The first-order valence-electron chi connectivity index (χ1n) is 14.3. The Morgan fingerprint density at radius 3 is 2.42 bits per heavy atom. The first kappa shape index (κ1) is 31.9. The van der Waals surface area contributed by atoms with Crippen molar-refractivity contribution in [1.82, 2.24) is 4.57 Å². The third kappa shape index (κ3) is 6.77. The molecule has 45 heavy (non-hydrogen) atoms. The quantitative estimate of drug-likeness (QED) is 0.200. The van der Waals surface area contributed by atoms with Crippen LogP contribution in [0.4, 0.5) is 0 Å². The highest BCUT2D eigenvalue weighted by Crippen LogP contribution is 2.37. The number of esters is 1. The van der Waals surface area contributed by atoms with Crippen LogP contribution in [0.2, 0.25) is 5.02 Å². The Hall–Kier alpha value is -4.54. The molecule has 4 aromatic rings. The van der Waals surface area contributed by atoms with E-state index in [4.69, 9.17) is 35.3 Å². The molecule has 1 aliphatic rings. The maximum absolute atomic E-state index is 14.1. The summed E-state index contributed by atoms with van der Waals surface area (Å²) in [6.45, 7) is 6.31. The maximum atomic E-state index is 14.1. The number of halogens is 1. The number of allylic oxidation sites excluding steroid dienone is 1. The van der Waals surface area contributed by atoms with Crippen LogP contribution in [0.3, 0.4) is 0 Å². The minimum absolute atomic E-state index is 0.175. The van der Waals surface area contributed by atoms with Crippen LogP contribution < -0.4 is 33.8 Å². The smallest absolute Gasteiger partial charge is 0.338 e. The highest BCUT2D eigenvalue weighted by atomic mass is 35.5. The van der Waals surface area contributed by atoms with Gasteiger partial charge < -0.3 is 23.7 Å². The van der Waals surface area contributed by atoms with Crippen molar-refractivity contribution in [3.63, 3.8) is 0 Å². The van der Waals surface area contributed by atoms with E-state index in [0.717, 1.165) is 11.1 Å². The molecule has 0 bridgehead atoms. The first-order chi connectivity index (χ1) is 21.8. The highest BCUT2D eigenvalue weighted by Gasteiger charge is 2.35. The number of thiazole rings is 1. The Bertz CT molecular complexity index is 1930. The fraction of sp³-hybridized carbons (Fsp3) is 0.265. The highest BCUT2D eigenvalue weighted by molar-refractivity contribution is 7.07. The third-order valence-electron chi connectivity index (χ3n) is 7.13. The van der Waals surface area contributed by atoms with E-state index in [-0.39, 0.29) is 17.7 Å². The monoisotopic (exact) mass is 648 g/mol. The minimum Gasteiger partial charge on any atom is -0.497 e. The van der Waals surface area contributed by atoms with E-state index in [1.807, 2.05) is 49.4 Å². The lowest BCUT2D eigenvalue weighted by atomic mass is 9.95. The summed E-state index contributed by atoms with van der Waals surface area (Å²) in [5, 5.41) is 0.658. The first-order valence-corrected chi connectivity index (χ1v) is 15.5. The third-order valence-corrected chi connectivity index (χ3v) is 8.36. The van der Waals surface area contributed by atoms with Gasteiger partial charge in [-0.25, -0.2) is 9.79 Å². The molecule has 0 spiro atoms. The molecule has 1 aliphatic heterocycles. The number of hydrogen-bond acceptors (Lipinski definition) is 9. The summed E-state index contributed by atoms with van der Waals surface area (Å²) in [5.74, 6) is 1.61. The fourth-order valence-corrected chi connectivity index (χ4v) is 6.20. The summed E-state index contributed by atoms with van der Waals surface area (Å²) in [7, 11) is 3.09. The average Bonchev–Trinajstić information content (AvgIpc) is 3.34. The fourth-order valence-electron chi connectivity index (χ4n) is 5.03. The number of carbonyl (C=O) groups excluding carboxylic acids is 1. The van der Waals surface area contributed by atoms with Gasteiger partial charge >= 0.3 is 5.97 Å². The van der Waals surface area contributed by atoms with E-state index in [9.17, 15) is 9.59 Å². The molecule has 0 fully saturated rings. The number of methoxy groups -OCH3 is 2. The van der Waals surface area contributed by atoms with Gasteiger partial charge in [0.1, 0.15) is 24.1 Å². The number of rotatable bonds is 11. The number of nitrogens with zero attached hydrogens (tertiary/aromatic N) is 2. The Balaban J connectivity index is 1.58. The number of fused-ring (bicyclic) bond motifs is 1. The van der Waals surface area contributed by atoms with Crippen molar-refractivity contribution >= 4 is 35.0 Å². The molecule has 234 valence electrons. The molecule has 0 N–H and O–H groups in total. The molecule has 0 radical (unpaired) electrons. The van der Waals surface area contributed by atoms with Crippen molar-refractivity contribution in [3.05, 3.63) is 113 Å². The molecule has 0 saturated carbocycles. The standard InChI is InChI=1S/C34H33ClN2O7S/c1-6-42-28-16-22(10-15-26(28)44-19-21-8-11-23(35)12-9-21)17-29-32(38)37-31(25-14-13-24(40-4)18-27(25)41-5)30(33(39)43-7-2)20(3)36-34(37)45-29/h8-18,31H,6-7,19H2,1-5H3/b29-17-/t31-/m0/s1. The second kappa shape index (κ2) is 14.0. The van der Waals surface area contributed by atoms with Crippen LogP contribution in [0.5, 0.6) is 23.0 Å². The molecule has 1 atom stereocenters. The Morgan fingerprint density at radius 2 is 1.73 bits per heavy atom. The summed E-state index contributed by atoms with van der Waals surface area (Å²) in [4.78, 5) is 32.5. The Morgan fingerprint density at radius 1 is 0.956 bits per heavy atom. The summed E-state index contributed by atoms with van der Waals surface area (Å²) < 4.78 is 30.4. The van der Waals surface area contributed by atoms with Crippen molar-refractivity contribution in [3.8, 4) is 23.0 Å². The SMILES string of the molecule is CCOC(=O)C1=C(C)N=c2s/c(=C\c3ccc(OCc4ccc(Cl)cc4)c(OCC)c3)c(=O)n2[C@H]1c1ccc(OC)cc1OC. The largest absolute Gasteiger partial charge is 0.497 e. The molecular formula is C34H33ClN2O7S. The molecule has 2 heterocycles. The van der Waals surface area contributed by atoms with Gasteiger partial charge in [-0.2, -0.15) is 0 Å². The molecule has 11 heteroatoms. The van der Waals surface area contributed by atoms with E-state index in [2.05, 4.69) is 4.99 Å². The topological polar surface area (TPSA) is 97.6 Å². The van der Waals surface area contributed by atoms with E-state index in [0.29, 0.717) is 61.8 Å². The van der Waals surface area contributed by atoms with Gasteiger partial charge in [-0.3, -0.25) is 9.36 Å². The van der Waals surface area contributed by atoms with E-state index in [1.165, 1.54) is 23.0 Å². The van der Waals surface area contributed by atoms with Crippen LogP contribution in [0.1, 0.15) is 43.5 Å². The van der Waals surface area contributed by atoms with Crippen molar-refractivity contribution in [2.45, 2.75) is 33.4 Å². The molecule has 0 aliphatic carbocycles. The summed E-state index contributed by atoms with van der Waals surface area (Å²) in [6, 6.07) is 17.4. The van der Waals surface area contributed by atoms with Crippen LogP contribution >= 0.6 is 22.9 Å². The van der Waals surface area contributed by atoms with Crippen molar-refractivity contribution in [1.29, 1.82) is 0 Å². The van der Waals surface area contributed by atoms with Gasteiger partial charge in [0.25, 0.3) is 5.56 Å². The zero-order valence-corrected chi connectivity index (χ0v) is 27.2. The zero-order chi connectivity index (χ0) is 32.1. The van der Waals surface area contributed by atoms with E-state index in [1.54, 1.807) is 45.2 Å². The molecule has 5 rings (SSSR count). The molecule has 1 aromatic heterocycles. The van der Waals surface area contributed by atoms with Gasteiger partial charge in [0.15, 0.2) is 16.3 Å². The van der Waals surface area contributed by atoms with Gasteiger partial charge in [0.05, 0.1) is 43.2 Å². The minimum atomic E-state index is -0.828. The molecular weight excluding hydrogens is 616 g/mol. The van der Waals surface area contributed by atoms with Crippen molar-refractivity contribution < 1.29 is 28.5 Å². The normalized spacial score (nSPS) is 14.4. The summed E-state index contributed by atoms with van der Waals surface area (Å²) in [5.41, 5.74) is 2.72. The van der Waals surface area contributed by atoms with Gasteiger partial charge in [-0.05, 0) is 74.4 Å². The van der Waals surface area contributed by atoms with E-state index >= 15 is 0 Å². The number of aromatic nitrogens is 1. The molecule has 0 amide bonds. The second-order valence-corrected chi connectivity index (χ2v) is 11.4. The number of ether oxygens (including phenoxy) is 5. The van der Waals surface area contributed by atoms with Crippen LogP contribution in [-0.4, -0.2) is 38.0 Å². The predicted molar refractivity (Wildman–Crippen MR) is 173 cm³/mol. The molecule has 0 unspecified atom stereocenters. The van der Waals surface area contributed by atoms with Crippen molar-refractivity contribution in [2.75, 3.05) is 27.4 Å². The Labute approximate surface area is 269 Å². The second-order valence-electron chi connectivity index (χ2n) is 9.96. The average molecular weight is 649 g/mol.